The number of benzene rings is 2. The first-order valence-corrected chi connectivity index (χ1v) is 7.25. The molecule has 106 valence electrons. The lowest BCUT2D eigenvalue weighted by molar-refractivity contribution is 0.394. The van der Waals surface area contributed by atoms with Crippen molar-refractivity contribution in [1.82, 2.24) is 10.2 Å². The maximum Gasteiger partial charge on any atom is 0.0205 e. The average Bonchev–Trinajstić information content (AvgIpc) is 2.48. The fourth-order valence-corrected chi connectivity index (χ4v) is 2.24. The van der Waals surface area contributed by atoms with Gasteiger partial charge in [-0.25, -0.2) is 0 Å². The second kappa shape index (κ2) is 7.83. The van der Waals surface area contributed by atoms with Gasteiger partial charge in [-0.3, -0.25) is 0 Å². The van der Waals surface area contributed by atoms with E-state index < -0.39 is 0 Å². The Morgan fingerprint density at radius 1 is 0.900 bits per heavy atom. The first-order valence-electron chi connectivity index (χ1n) is 7.25. The Balaban J connectivity index is 1.87. The summed E-state index contributed by atoms with van der Waals surface area (Å²) in [6.45, 7) is 3.14. The fraction of sp³-hybridized carbons (Fsp3) is 0.333. The second-order valence-corrected chi connectivity index (χ2v) is 5.40. The Morgan fingerprint density at radius 3 is 2.40 bits per heavy atom. The molecule has 0 amide bonds. The minimum atomic E-state index is 0.939. The van der Waals surface area contributed by atoms with Gasteiger partial charge in [0, 0.05) is 6.54 Å². The highest BCUT2D eigenvalue weighted by molar-refractivity contribution is 5.63. The molecule has 0 saturated heterocycles. The highest BCUT2D eigenvalue weighted by atomic mass is 15.0. The molecule has 1 N–H and O–H groups in total. The molecule has 0 aromatic heterocycles. The van der Waals surface area contributed by atoms with Crippen LogP contribution in [0.25, 0.3) is 11.1 Å². The molecular formula is C18H24N2. The number of hydrogen-bond donors (Lipinski definition) is 1. The summed E-state index contributed by atoms with van der Waals surface area (Å²) in [5.41, 5.74) is 3.91. The second-order valence-electron chi connectivity index (χ2n) is 5.40. The number of nitrogens with zero attached hydrogens (tertiary/aromatic N) is 1. The number of rotatable bonds is 7. The smallest absolute Gasteiger partial charge is 0.0205 e. The first kappa shape index (κ1) is 14.8. The van der Waals surface area contributed by atoms with E-state index in [4.69, 9.17) is 0 Å². The molecular weight excluding hydrogens is 244 g/mol. The minimum absolute atomic E-state index is 0.939. The molecule has 0 heterocycles. The van der Waals surface area contributed by atoms with Crippen molar-refractivity contribution in [3.8, 4) is 11.1 Å². The van der Waals surface area contributed by atoms with Gasteiger partial charge in [0.25, 0.3) is 0 Å². The predicted octanol–water partition coefficient (Wildman–Crippen LogP) is 3.39. The zero-order chi connectivity index (χ0) is 14.2. The third kappa shape index (κ3) is 4.80. The monoisotopic (exact) mass is 268 g/mol. The lowest BCUT2D eigenvalue weighted by atomic mass is 10.0. The zero-order valence-electron chi connectivity index (χ0n) is 12.5. The molecule has 0 aliphatic rings. The van der Waals surface area contributed by atoms with E-state index in [2.05, 4.69) is 78.9 Å². The van der Waals surface area contributed by atoms with E-state index in [0.717, 1.165) is 19.6 Å². The highest BCUT2D eigenvalue weighted by Crippen LogP contribution is 2.19. The summed E-state index contributed by atoms with van der Waals surface area (Å²) in [4.78, 5) is 2.22. The summed E-state index contributed by atoms with van der Waals surface area (Å²) in [5, 5.41) is 3.51. The Labute approximate surface area is 122 Å². The molecule has 0 aliphatic carbocycles. The van der Waals surface area contributed by atoms with E-state index in [1.165, 1.54) is 23.1 Å². The summed E-state index contributed by atoms with van der Waals surface area (Å²) >= 11 is 0. The van der Waals surface area contributed by atoms with Gasteiger partial charge in [0.1, 0.15) is 0 Å². The molecule has 0 saturated carbocycles. The van der Waals surface area contributed by atoms with Crippen molar-refractivity contribution >= 4 is 0 Å². The summed E-state index contributed by atoms with van der Waals surface area (Å²) < 4.78 is 0. The van der Waals surface area contributed by atoms with Crippen molar-refractivity contribution in [2.75, 3.05) is 27.2 Å². The maximum absolute atomic E-state index is 3.51. The van der Waals surface area contributed by atoms with Crippen LogP contribution in [0.4, 0.5) is 0 Å². The topological polar surface area (TPSA) is 15.3 Å². The normalized spacial score (nSPS) is 10.9. The highest BCUT2D eigenvalue weighted by Gasteiger charge is 1.99. The molecule has 0 spiro atoms. The Kier molecular flexibility index (Phi) is 5.78. The Morgan fingerprint density at radius 2 is 1.65 bits per heavy atom. The van der Waals surface area contributed by atoms with E-state index in [1.807, 2.05) is 0 Å². The van der Waals surface area contributed by atoms with E-state index >= 15 is 0 Å². The first-order chi connectivity index (χ1) is 9.75. The van der Waals surface area contributed by atoms with Crippen LogP contribution in [0.1, 0.15) is 12.0 Å². The van der Waals surface area contributed by atoms with Crippen LogP contribution >= 0.6 is 0 Å². The van der Waals surface area contributed by atoms with E-state index in [-0.39, 0.29) is 0 Å². The van der Waals surface area contributed by atoms with Crippen LogP contribution < -0.4 is 5.32 Å². The van der Waals surface area contributed by atoms with Crippen molar-refractivity contribution in [2.45, 2.75) is 13.0 Å². The third-order valence-electron chi connectivity index (χ3n) is 3.32. The summed E-state index contributed by atoms with van der Waals surface area (Å²) in [7, 11) is 4.23. The molecule has 0 bridgehead atoms. The molecule has 2 aromatic rings. The molecule has 2 aromatic carbocycles. The summed E-state index contributed by atoms with van der Waals surface area (Å²) in [6.07, 6.45) is 1.19. The lowest BCUT2D eigenvalue weighted by Crippen LogP contribution is -2.20. The van der Waals surface area contributed by atoms with Crippen LogP contribution in [0.15, 0.2) is 54.6 Å². The summed E-state index contributed by atoms with van der Waals surface area (Å²) in [6, 6.07) is 19.3. The van der Waals surface area contributed by atoms with Crippen molar-refractivity contribution in [3.63, 3.8) is 0 Å². The van der Waals surface area contributed by atoms with Crippen LogP contribution in [-0.2, 0) is 6.54 Å². The number of hydrogen-bond acceptors (Lipinski definition) is 2. The number of nitrogens with one attached hydrogen (secondary N) is 1. The van der Waals surface area contributed by atoms with Gasteiger partial charge < -0.3 is 10.2 Å². The minimum Gasteiger partial charge on any atom is -0.313 e. The maximum atomic E-state index is 3.51. The van der Waals surface area contributed by atoms with E-state index in [9.17, 15) is 0 Å². The molecule has 2 rings (SSSR count). The average molecular weight is 268 g/mol. The Hall–Kier alpha value is -1.64. The van der Waals surface area contributed by atoms with Gasteiger partial charge in [0.2, 0.25) is 0 Å². The molecule has 0 unspecified atom stereocenters. The summed E-state index contributed by atoms with van der Waals surface area (Å²) in [5.74, 6) is 0. The van der Waals surface area contributed by atoms with Crippen molar-refractivity contribution in [3.05, 3.63) is 60.2 Å². The molecule has 0 fully saturated rings. The van der Waals surface area contributed by atoms with Crippen LogP contribution in [-0.4, -0.2) is 32.1 Å². The lowest BCUT2D eigenvalue weighted by Gasteiger charge is -2.10. The predicted molar refractivity (Wildman–Crippen MR) is 86.8 cm³/mol. The van der Waals surface area contributed by atoms with Crippen molar-refractivity contribution in [1.29, 1.82) is 0 Å². The van der Waals surface area contributed by atoms with Gasteiger partial charge in [0.15, 0.2) is 0 Å². The van der Waals surface area contributed by atoms with Gasteiger partial charge in [-0.2, -0.15) is 0 Å². The SMILES string of the molecule is CN(C)CCCNCc1cccc(-c2ccccc2)c1. The van der Waals surface area contributed by atoms with Gasteiger partial charge >= 0.3 is 0 Å². The van der Waals surface area contributed by atoms with Crippen LogP contribution in [0.3, 0.4) is 0 Å². The van der Waals surface area contributed by atoms with Crippen LogP contribution in [0.5, 0.6) is 0 Å². The van der Waals surface area contributed by atoms with Gasteiger partial charge in [0.05, 0.1) is 0 Å². The van der Waals surface area contributed by atoms with E-state index in [0.29, 0.717) is 0 Å². The Bertz CT molecular complexity index is 506. The fourth-order valence-electron chi connectivity index (χ4n) is 2.24. The zero-order valence-corrected chi connectivity index (χ0v) is 12.5. The van der Waals surface area contributed by atoms with Crippen LogP contribution in [0, 0.1) is 0 Å². The van der Waals surface area contributed by atoms with Gasteiger partial charge in [-0.1, -0.05) is 48.5 Å². The van der Waals surface area contributed by atoms with Gasteiger partial charge in [-0.05, 0) is 56.4 Å². The molecule has 0 aliphatic heterocycles. The van der Waals surface area contributed by atoms with E-state index in [1.54, 1.807) is 0 Å². The van der Waals surface area contributed by atoms with Crippen molar-refractivity contribution in [2.24, 2.45) is 0 Å². The molecule has 0 radical (unpaired) electrons. The van der Waals surface area contributed by atoms with Gasteiger partial charge in [-0.15, -0.1) is 0 Å². The largest absolute Gasteiger partial charge is 0.313 e. The molecule has 20 heavy (non-hydrogen) atoms. The third-order valence-corrected chi connectivity index (χ3v) is 3.32. The molecule has 0 atom stereocenters. The van der Waals surface area contributed by atoms with Crippen LogP contribution in [0.2, 0.25) is 0 Å². The molecule has 2 heteroatoms. The van der Waals surface area contributed by atoms with Crippen molar-refractivity contribution < 1.29 is 0 Å². The standard InChI is InChI=1S/C18H24N2/c1-20(2)13-7-12-19-15-16-8-6-11-18(14-16)17-9-4-3-5-10-17/h3-6,8-11,14,19H,7,12-13,15H2,1-2H3. The quantitative estimate of drug-likeness (QED) is 0.774. The molecule has 2 nitrogen and oxygen atoms in total.